The Kier molecular flexibility index (Phi) is 3.93. The molecule has 1 aromatic heterocycles. The summed E-state index contributed by atoms with van der Waals surface area (Å²) in [4.78, 5) is 39.2. The largest absolute Gasteiger partial charge is 0.464 e. The first-order valence-electron chi connectivity index (χ1n) is 5.74. The van der Waals surface area contributed by atoms with Gasteiger partial charge in [-0.05, 0) is 18.2 Å². The number of anilines is 1. The number of benzene rings is 1. The third-order valence-corrected chi connectivity index (χ3v) is 2.60. The SMILES string of the molecule is O=C(O)N(C(=O)O)c1nccc(-c2ccc([N+](=O)[O-])cc2)n1. The van der Waals surface area contributed by atoms with Crippen molar-refractivity contribution < 1.29 is 24.7 Å². The van der Waals surface area contributed by atoms with Gasteiger partial charge >= 0.3 is 12.2 Å². The molecule has 10 nitrogen and oxygen atoms in total. The molecule has 2 rings (SSSR count). The van der Waals surface area contributed by atoms with Crippen molar-refractivity contribution in [3.63, 3.8) is 0 Å². The number of nitrogens with zero attached hydrogens (tertiary/aromatic N) is 4. The lowest BCUT2D eigenvalue weighted by molar-refractivity contribution is -0.384. The van der Waals surface area contributed by atoms with Crippen LogP contribution in [0.1, 0.15) is 0 Å². The summed E-state index contributed by atoms with van der Waals surface area (Å²) in [6.07, 6.45) is -2.29. The van der Waals surface area contributed by atoms with Gasteiger partial charge < -0.3 is 10.2 Å². The van der Waals surface area contributed by atoms with Crippen LogP contribution >= 0.6 is 0 Å². The van der Waals surface area contributed by atoms with E-state index in [9.17, 15) is 19.7 Å². The number of imide groups is 1. The Bertz CT molecular complexity index is 732. The molecule has 2 amide bonds. The number of carbonyl (C=O) groups is 2. The van der Waals surface area contributed by atoms with Crippen LogP contribution < -0.4 is 4.90 Å². The maximum Gasteiger partial charge on any atom is 0.424 e. The molecule has 0 aliphatic carbocycles. The predicted molar refractivity (Wildman–Crippen MR) is 72.7 cm³/mol. The molecule has 0 radical (unpaired) electrons. The quantitative estimate of drug-likeness (QED) is 0.647. The molecular weight excluding hydrogens is 296 g/mol. The molecule has 0 fully saturated rings. The Morgan fingerprint density at radius 1 is 1.09 bits per heavy atom. The minimum atomic E-state index is -1.74. The lowest BCUT2D eigenvalue weighted by Crippen LogP contribution is -2.35. The standard InChI is InChI=1S/C12H8N4O6/c17-11(18)15(12(19)20)10-13-6-5-9(14-10)7-1-3-8(4-2-7)16(21)22/h1-6H,(H,17,18)(H,19,20). The van der Waals surface area contributed by atoms with Gasteiger partial charge in [0.1, 0.15) is 0 Å². The second-order valence-corrected chi connectivity index (χ2v) is 3.95. The first-order chi connectivity index (χ1) is 10.4. The van der Waals surface area contributed by atoms with Crippen molar-refractivity contribution in [2.24, 2.45) is 0 Å². The fourth-order valence-corrected chi connectivity index (χ4v) is 1.62. The molecule has 0 saturated heterocycles. The number of nitro benzene ring substituents is 1. The molecule has 22 heavy (non-hydrogen) atoms. The lowest BCUT2D eigenvalue weighted by atomic mass is 10.1. The highest BCUT2D eigenvalue weighted by atomic mass is 16.6. The molecule has 1 aromatic carbocycles. The van der Waals surface area contributed by atoms with E-state index in [0.717, 1.165) is 0 Å². The van der Waals surface area contributed by atoms with E-state index in [1.165, 1.54) is 36.5 Å². The van der Waals surface area contributed by atoms with Crippen molar-refractivity contribution in [1.82, 2.24) is 9.97 Å². The van der Waals surface area contributed by atoms with Gasteiger partial charge in [-0.25, -0.2) is 19.6 Å². The third kappa shape index (κ3) is 2.95. The second-order valence-electron chi connectivity index (χ2n) is 3.95. The van der Waals surface area contributed by atoms with Crippen molar-refractivity contribution >= 4 is 23.8 Å². The zero-order valence-corrected chi connectivity index (χ0v) is 10.8. The Balaban J connectivity index is 2.41. The van der Waals surface area contributed by atoms with Crippen LogP contribution in [0.2, 0.25) is 0 Å². The smallest absolute Gasteiger partial charge is 0.424 e. The molecule has 10 heteroatoms. The summed E-state index contributed by atoms with van der Waals surface area (Å²) in [6, 6.07) is 6.76. The minimum Gasteiger partial charge on any atom is -0.464 e. The summed E-state index contributed by atoms with van der Waals surface area (Å²) in [5.41, 5.74) is 0.563. The van der Waals surface area contributed by atoms with Crippen LogP contribution in [0.15, 0.2) is 36.5 Å². The lowest BCUT2D eigenvalue weighted by Gasteiger charge is -2.11. The zero-order valence-electron chi connectivity index (χ0n) is 10.8. The molecule has 112 valence electrons. The number of hydrogen-bond donors (Lipinski definition) is 2. The monoisotopic (exact) mass is 304 g/mol. The van der Waals surface area contributed by atoms with Crippen molar-refractivity contribution in [3.8, 4) is 11.3 Å². The minimum absolute atomic E-state index is 0.0328. The van der Waals surface area contributed by atoms with E-state index in [4.69, 9.17) is 10.2 Å². The Morgan fingerprint density at radius 3 is 2.18 bits per heavy atom. The summed E-state index contributed by atoms with van der Waals surface area (Å²) < 4.78 is 0. The first-order valence-corrected chi connectivity index (χ1v) is 5.74. The molecule has 2 N–H and O–H groups in total. The molecular formula is C12H8N4O6. The summed E-state index contributed by atoms with van der Waals surface area (Å²) in [6.45, 7) is 0. The number of non-ortho nitro benzene ring substituents is 1. The van der Waals surface area contributed by atoms with E-state index >= 15 is 0 Å². The molecule has 2 aromatic rings. The van der Waals surface area contributed by atoms with Gasteiger partial charge in [-0.15, -0.1) is 4.90 Å². The molecule has 0 atom stereocenters. The predicted octanol–water partition coefficient (Wildman–Crippen LogP) is 2.21. The average molecular weight is 304 g/mol. The maximum atomic E-state index is 10.9. The highest BCUT2D eigenvalue weighted by molar-refractivity contribution is 6.06. The van der Waals surface area contributed by atoms with Gasteiger partial charge in [0.2, 0.25) is 5.95 Å². The number of nitro groups is 1. The Labute approximate surface area is 122 Å². The fourth-order valence-electron chi connectivity index (χ4n) is 1.62. The molecule has 0 unspecified atom stereocenters. The van der Waals surface area contributed by atoms with E-state index in [-0.39, 0.29) is 16.3 Å². The van der Waals surface area contributed by atoms with Crippen molar-refractivity contribution in [3.05, 3.63) is 46.6 Å². The van der Waals surface area contributed by atoms with E-state index < -0.39 is 23.1 Å². The number of carboxylic acid groups (broad SMARTS) is 2. The molecule has 0 saturated carbocycles. The van der Waals surface area contributed by atoms with E-state index in [0.29, 0.717) is 5.56 Å². The zero-order chi connectivity index (χ0) is 16.3. The van der Waals surface area contributed by atoms with Gasteiger partial charge in [-0.3, -0.25) is 10.1 Å². The fraction of sp³-hybridized carbons (Fsp3) is 0. The normalized spacial score (nSPS) is 10.0. The number of rotatable bonds is 3. The maximum absolute atomic E-state index is 10.9. The Morgan fingerprint density at radius 2 is 1.68 bits per heavy atom. The summed E-state index contributed by atoms with van der Waals surface area (Å²) >= 11 is 0. The second kappa shape index (κ2) is 5.83. The number of hydrogen-bond acceptors (Lipinski definition) is 6. The Hall–Kier alpha value is -3.56. The highest BCUT2D eigenvalue weighted by Crippen LogP contribution is 2.22. The van der Waals surface area contributed by atoms with Gasteiger partial charge in [-0.2, -0.15) is 0 Å². The summed E-state index contributed by atoms with van der Waals surface area (Å²) in [5.74, 6) is -0.532. The molecule has 0 bridgehead atoms. The van der Waals surface area contributed by atoms with Crippen LogP contribution in [-0.2, 0) is 0 Å². The van der Waals surface area contributed by atoms with Gasteiger partial charge in [0.25, 0.3) is 5.69 Å². The molecule has 0 aliphatic rings. The first kappa shape index (κ1) is 14.8. The topological polar surface area (TPSA) is 147 Å². The van der Waals surface area contributed by atoms with Gasteiger partial charge in [-0.1, -0.05) is 0 Å². The summed E-state index contributed by atoms with van der Waals surface area (Å²) in [5, 5.41) is 28.3. The van der Waals surface area contributed by atoms with Crippen LogP contribution in [0, 0.1) is 10.1 Å². The number of amides is 2. The van der Waals surface area contributed by atoms with Crippen LogP contribution in [0.5, 0.6) is 0 Å². The highest BCUT2D eigenvalue weighted by Gasteiger charge is 2.25. The third-order valence-electron chi connectivity index (χ3n) is 2.60. The van der Waals surface area contributed by atoms with Gasteiger partial charge in [0, 0.05) is 23.9 Å². The van der Waals surface area contributed by atoms with Crippen LogP contribution in [-0.4, -0.2) is 37.3 Å². The van der Waals surface area contributed by atoms with Crippen molar-refractivity contribution in [2.45, 2.75) is 0 Å². The van der Waals surface area contributed by atoms with Crippen LogP contribution in [0.3, 0.4) is 0 Å². The number of aromatic nitrogens is 2. The van der Waals surface area contributed by atoms with Gasteiger partial charge in [0.15, 0.2) is 0 Å². The van der Waals surface area contributed by atoms with Crippen molar-refractivity contribution in [2.75, 3.05) is 4.90 Å². The van der Waals surface area contributed by atoms with E-state index in [1.54, 1.807) is 0 Å². The van der Waals surface area contributed by atoms with E-state index in [2.05, 4.69) is 9.97 Å². The molecule has 0 spiro atoms. The van der Waals surface area contributed by atoms with Gasteiger partial charge in [0.05, 0.1) is 10.6 Å². The summed E-state index contributed by atoms with van der Waals surface area (Å²) in [7, 11) is 0. The molecule has 1 heterocycles. The van der Waals surface area contributed by atoms with Crippen LogP contribution in [0.25, 0.3) is 11.3 Å². The average Bonchev–Trinajstić information content (AvgIpc) is 2.47. The van der Waals surface area contributed by atoms with Crippen molar-refractivity contribution in [1.29, 1.82) is 0 Å². The van der Waals surface area contributed by atoms with E-state index in [1.807, 2.05) is 0 Å². The molecule has 0 aliphatic heterocycles. The van der Waals surface area contributed by atoms with Crippen LogP contribution in [0.4, 0.5) is 21.2 Å².